The first-order chi connectivity index (χ1) is 11.8. The highest BCUT2D eigenvalue weighted by Gasteiger charge is 2.14. The molecule has 6 nitrogen and oxygen atoms in total. The van der Waals surface area contributed by atoms with Crippen molar-refractivity contribution in [2.45, 2.75) is 89.6 Å². The fraction of sp³-hybridized carbons (Fsp3) is 0.833. The standard InChI is InChI=1S/C18H32N6/c19-18(21-15-9-4-1-2-5-10-15)20-13-8-12-17-23-22-16-11-6-3-7-14-24(16)17/h15H,1-14H2,(H3,19,20,21). The molecule has 3 rings (SSSR count). The van der Waals surface area contributed by atoms with Gasteiger partial charge in [0.25, 0.3) is 0 Å². The van der Waals surface area contributed by atoms with Gasteiger partial charge in [0, 0.05) is 32.0 Å². The van der Waals surface area contributed by atoms with Gasteiger partial charge in [-0.05, 0) is 32.1 Å². The van der Waals surface area contributed by atoms with E-state index in [1.54, 1.807) is 0 Å². The number of nitrogens with one attached hydrogen (secondary N) is 1. The number of fused-ring (bicyclic) bond motifs is 1. The first kappa shape index (κ1) is 17.2. The second-order valence-corrected chi connectivity index (χ2v) is 7.20. The van der Waals surface area contributed by atoms with Gasteiger partial charge in [0.2, 0.25) is 0 Å². The third-order valence-corrected chi connectivity index (χ3v) is 5.23. The van der Waals surface area contributed by atoms with E-state index < -0.39 is 0 Å². The van der Waals surface area contributed by atoms with Crippen LogP contribution in [-0.2, 0) is 19.4 Å². The van der Waals surface area contributed by atoms with Crippen molar-refractivity contribution in [1.82, 2.24) is 20.1 Å². The van der Waals surface area contributed by atoms with Crippen molar-refractivity contribution in [2.75, 3.05) is 6.54 Å². The molecule has 0 saturated heterocycles. The summed E-state index contributed by atoms with van der Waals surface area (Å²) in [6, 6.07) is 0.517. The van der Waals surface area contributed by atoms with Gasteiger partial charge in [0.15, 0.2) is 5.96 Å². The van der Waals surface area contributed by atoms with Crippen LogP contribution in [0.15, 0.2) is 4.99 Å². The Hall–Kier alpha value is -1.59. The number of aryl methyl sites for hydroxylation is 2. The van der Waals surface area contributed by atoms with Gasteiger partial charge in [-0.3, -0.25) is 4.99 Å². The molecule has 6 heteroatoms. The molecule has 0 atom stereocenters. The molecule has 1 saturated carbocycles. The summed E-state index contributed by atoms with van der Waals surface area (Å²) in [5, 5.41) is 12.1. The predicted octanol–water partition coefficient (Wildman–Crippen LogP) is 2.56. The number of rotatable bonds is 5. The molecule has 0 spiro atoms. The van der Waals surface area contributed by atoms with Gasteiger partial charge in [-0.2, -0.15) is 0 Å². The molecular formula is C18H32N6. The summed E-state index contributed by atoms with van der Waals surface area (Å²) >= 11 is 0. The second kappa shape index (κ2) is 9.04. The van der Waals surface area contributed by atoms with Crippen LogP contribution in [0.1, 0.15) is 75.9 Å². The summed E-state index contributed by atoms with van der Waals surface area (Å²) in [6.07, 6.45) is 14.6. The lowest BCUT2D eigenvalue weighted by atomic mass is 10.1. The van der Waals surface area contributed by atoms with E-state index in [4.69, 9.17) is 5.73 Å². The minimum Gasteiger partial charge on any atom is -0.370 e. The molecule has 3 N–H and O–H groups in total. The van der Waals surface area contributed by atoms with E-state index in [1.807, 2.05) is 0 Å². The molecule has 2 aliphatic rings. The van der Waals surface area contributed by atoms with Gasteiger partial charge in [0.05, 0.1) is 0 Å². The van der Waals surface area contributed by atoms with Gasteiger partial charge in [-0.1, -0.05) is 32.1 Å². The van der Waals surface area contributed by atoms with Crippen LogP contribution in [0.3, 0.4) is 0 Å². The van der Waals surface area contributed by atoms with Crippen molar-refractivity contribution in [3.05, 3.63) is 11.6 Å². The summed E-state index contributed by atoms with van der Waals surface area (Å²) in [7, 11) is 0. The zero-order chi connectivity index (χ0) is 16.6. The van der Waals surface area contributed by atoms with Crippen LogP contribution >= 0.6 is 0 Å². The lowest BCUT2D eigenvalue weighted by Gasteiger charge is -2.16. The van der Waals surface area contributed by atoms with Crippen LogP contribution in [0, 0.1) is 0 Å². The van der Waals surface area contributed by atoms with Crippen LogP contribution in [0.4, 0.5) is 0 Å². The lowest BCUT2D eigenvalue weighted by Crippen LogP contribution is -2.39. The number of hydrogen-bond donors (Lipinski definition) is 2. The van der Waals surface area contributed by atoms with E-state index in [1.165, 1.54) is 63.6 Å². The number of guanidine groups is 1. The molecule has 1 fully saturated rings. The van der Waals surface area contributed by atoms with Crippen molar-refractivity contribution in [3.63, 3.8) is 0 Å². The molecule has 1 aromatic heterocycles. The number of aliphatic imine (C=N–C) groups is 1. The highest BCUT2D eigenvalue weighted by molar-refractivity contribution is 5.78. The predicted molar refractivity (Wildman–Crippen MR) is 97.0 cm³/mol. The largest absolute Gasteiger partial charge is 0.370 e. The molecule has 1 aliphatic heterocycles. The Kier molecular flexibility index (Phi) is 6.49. The fourth-order valence-corrected chi connectivity index (χ4v) is 3.85. The molecule has 2 heterocycles. The summed E-state index contributed by atoms with van der Waals surface area (Å²) < 4.78 is 2.32. The quantitative estimate of drug-likeness (QED) is 0.376. The van der Waals surface area contributed by atoms with Crippen LogP contribution in [0.2, 0.25) is 0 Å². The van der Waals surface area contributed by atoms with Crippen molar-refractivity contribution in [2.24, 2.45) is 10.7 Å². The van der Waals surface area contributed by atoms with Gasteiger partial charge in [0.1, 0.15) is 11.6 Å². The first-order valence-corrected chi connectivity index (χ1v) is 9.80. The van der Waals surface area contributed by atoms with E-state index in [0.717, 1.165) is 38.2 Å². The minimum atomic E-state index is 0.517. The maximum Gasteiger partial charge on any atom is 0.188 e. The average Bonchev–Trinajstić information content (AvgIpc) is 2.79. The van der Waals surface area contributed by atoms with E-state index in [-0.39, 0.29) is 0 Å². The second-order valence-electron chi connectivity index (χ2n) is 7.20. The number of hydrogen-bond acceptors (Lipinski definition) is 3. The van der Waals surface area contributed by atoms with Crippen LogP contribution in [0.25, 0.3) is 0 Å². The molecule has 1 aromatic rings. The summed E-state index contributed by atoms with van der Waals surface area (Å²) in [4.78, 5) is 4.50. The molecule has 1 aliphatic carbocycles. The molecular weight excluding hydrogens is 300 g/mol. The first-order valence-electron chi connectivity index (χ1n) is 9.80. The van der Waals surface area contributed by atoms with Crippen LogP contribution < -0.4 is 11.1 Å². The van der Waals surface area contributed by atoms with Crippen molar-refractivity contribution >= 4 is 5.96 Å². The average molecular weight is 332 g/mol. The molecule has 134 valence electrons. The highest BCUT2D eigenvalue weighted by atomic mass is 15.3. The maximum absolute atomic E-state index is 6.05. The molecule has 0 radical (unpaired) electrons. The maximum atomic E-state index is 6.05. The van der Waals surface area contributed by atoms with Gasteiger partial charge in [-0.15, -0.1) is 10.2 Å². The van der Waals surface area contributed by atoms with E-state index in [9.17, 15) is 0 Å². The Morgan fingerprint density at radius 1 is 1.08 bits per heavy atom. The minimum absolute atomic E-state index is 0.517. The Bertz CT molecular complexity index is 528. The third kappa shape index (κ3) is 4.95. The Morgan fingerprint density at radius 2 is 1.88 bits per heavy atom. The van der Waals surface area contributed by atoms with Gasteiger partial charge in [-0.25, -0.2) is 0 Å². The Balaban J connectivity index is 1.42. The molecule has 0 aromatic carbocycles. The van der Waals surface area contributed by atoms with Gasteiger partial charge < -0.3 is 15.6 Å². The normalized spacial score (nSPS) is 20.2. The van der Waals surface area contributed by atoms with E-state index >= 15 is 0 Å². The number of nitrogens with two attached hydrogens (primary N) is 1. The van der Waals surface area contributed by atoms with Gasteiger partial charge >= 0.3 is 0 Å². The highest BCUT2D eigenvalue weighted by Crippen LogP contribution is 2.17. The third-order valence-electron chi connectivity index (χ3n) is 5.23. The number of nitrogens with zero attached hydrogens (tertiary/aromatic N) is 4. The fourth-order valence-electron chi connectivity index (χ4n) is 3.85. The van der Waals surface area contributed by atoms with Crippen LogP contribution in [-0.4, -0.2) is 33.3 Å². The van der Waals surface area contributed by atoms with Crippen molar-refractivity contribution < 1.29 is 0 Å². The summed E-state index contributed by atoms with van der Waals surface area (Å²) in [5.74, 6) is 2.90. The molecule has 0 amide bonds. The van der Waals surface area contributed by atoms with Crippen molar-refractivity contribution in [3.8, 4) is 0 Å². The lowest BCUT2D eigenvalue weighted by molar-refractivity contribution is 0.529. The van der Waals surface area contributed by atoms with Crippen LogP contribution in [0.5, 0.6) is 0 Å². The Labute approximate surface area is 145 Å². The van der Waals surface area contributed by atoms with E-state index in [2.05, 4.69) is 25.1 Å². The molecule has 24 heavy (non-hydrogen) atoms. The smallest absolute Gasteiger partial charge is 0.188 e. The SMILES string of the molecule is NC(=NCCCc1nnc2n1CCCCC2)NC1CCCCCC1. The number of aromatic nitrogens is 3. The molecule has 0 bridgehead atoms. The zero-order valence-corrected chi connectivity index (χ0v) is 14.8. The van der Waals surface area contributed by atoms with E-state index in [0.29, 0.717) is 12.0 Å². The van der Waals surface area contributed by atoms with Crippen molar-refractivity contribution in [1.29, 1.82) is 0 Å². The summed E-state index contributed by atoms with van der Waals surface area (Å²) in [6.45, 7) is 1.83. The topological polar surface area (TPSA) is 81.1 Å². The Morgan fingerprint density at radius 3 is 2.71 bits per heavy atom. The summed E-state index contributed by atoms with van der Waals surface area (Å²) in [5.41, 5.74) is 6.05. The monoisotopic (exact) mass is 332 g/mol. The molecule has 0 unspecified atom stereocenters. The zero-order valence-electron chi connectivity index (χ0n) is 14.8.